The number of halogens is 2. The fourth-order valence-corrected chi connectivity index (χ4v) is 2.16. The molecule has 0 atom stereocenters. The third-order valence-corrected chi connectivity index (χ3v) is 3.64. The quantitative estimate of drug-likeness (QED) is 0.757. The monoisotopic (exact) mass is 247 g/mol. The van der Waals surface area contributed by atoms with E-state index in [0.717, 1.165) is 4.47 Å². The number of rotatable bonds is 1. The maximum Gasteiger partial charge on any atom is 0.170 e. The first-order valence-electron chi connectivity index (χ1n) is 3.59. The molecule has 2 heterocycles. The second-order valence-corrected chi connectivity index (χ2v) is 4.72. The normalized spacial score (nSPS) is 20.2. The van der Waals surface area contributed by atoms with Crippen LogP contribution in [-0.2, 0) is 5.67 Å². The molecule has 0 saturated carbocycles. The molecule has 1 aromatic rings. The SMILES string of the molecule is FC1(c2ccc(Br)cn2)CSC1. The van der Waals surface area contributed by atoms with Crippen molar-refractivity contribution in [3.63, 3.8) is 0 Å². The van der Waals surface area contributed by atoms with Gasteiger partial charge in [0.05, 0.1) is 5.69 Å². The lowest BCUT2D eigenvalue weighted by molar-refractivity contribution is 0.211. The topological polar surface area (TPSA) is 12.9 Å². The van der Waals surface area contributed by atoms with Gasteiger partial charge in [0.15, 0.2) is 5.67 Å². The van der Waals surface area contributed by atoms with E-state index in [4.69, 9.17) is 0 Å². The second kappa shape index (κ2) is 3.00. The van der Waals surface area contributed by atoms with E-state index in [1.165, 1.54) is 0 Å². The van der Waals surface area contributed by atoms with Crippen LogP contribution in [0, 0.1) is 0 Å². The Hall–Kier alpha value is -0.0900. The van der Waals surface area contributed by atoms with Crippen molar-refractivity contribution >= 4 is 27.7 Å². The molecular formula is C8H7BrFNS. The number of nitrogens with zero attached hydrogens (tertiary/aromatic N) is 1. The lowest BCUT2D eigenvalue weighted by Crippen LogP contribution is -2.36. The Labute approximate surface area is 82.9 Å². The molecule has 0 radical (unpaired) electrons. The summed E-state index contributed by atoms with van der Waals surface area (Å²) >= 11 is 4.88. The average Bonchev–Trinajstić information content (AvgIpc) is 2.02. The van der Waals surface area contributed by atoms with Gasteiger partial charge in [0, 0.05) is 22.2 Å². The largest absolute Gasteiger partial charge is 0.257 e. The summed E-state index contributed by atoms with van der Waals surface area (Å²) in [6, 6.07) is 3.57. The fraction of sp³-hybridized carbons (Fsp3) is 0.375. The Bertz CT molecular complexity index is 284. The number of hydrogen-bond acceptors (Lipinski definition) is 2. The van der Waals surface area contributed by atoms with E-state index in [-0.39, 0.29) is 0 Å². The van der Waals surface area contributed by atoms with Crippen LogP contribution in [0.5, 0.6) is 0 Å². The van der Waals surface area contributed by atoms with Gasteiger partial charge in [-0.15, -0.1) is 0 Å². The second-order valence-electron chi connectivity index (χ2n) is 2.82. The Kier molecular flexibility index (Phi) is 2.12. The van der Waals surface area contributed by atoms with Crippen molar-refractivity contribution in [3.8, 4) is 0 Å². The van der Waals surface area contributed by atoms with Crippen molar-refractivity contribution in [3.05, 3.63) is 28.5 Å². The van der Waals surface area contributed by atoms with Crippen LogP contribution >= 0.6 is 27.7 Å². The molecule has 4 heteroatoms. The molecule has 1 aromatic heterocycles. The highest BCUT2D eigenvalue weighted by atomic mass is 79.9. The van der Waals surface area contributed by atoms with Crippen molar-refractivity contribution in [1.29, 1.82) is 0 Å². The van der Waals surface area contributed by atoms with Gasteiger partial charge in [-0.25, -0.2) is 4.39 Å². The van der Waals surface area contributed by atoms with Crippen molar-refractivity contribution < 1.29 is 4.39 Å². The van der Waals surface area contributed by atoms with E-state index < -0.39 is 5.67 Å². The van der Waals surface area contributed by atoms with Crippen LogP contribution in [0.2, 0.25) is 0 Å². The lowest BCUT2D eigenvalue weighted by atomic mass is 10.1. The van der Waals surface area contributed by atoms with Gasteiger partial charge >= 0.3 is 0 Å². The predicted octanol–water partition coefficient (Wildman–Crippen LogP) is 2.76. The summed E-state index contributed by atoms with van der Waals surface area (Å²) in [5.74, 6) is 1.09. The first-order valence-corrected chi connectivity index (χ1v) is 5.54. The summed E-state index contributed by atoms with van der Waals surface area (Å²) in [7, 11) is 0. The highest BCUT2D eigenvalue weighted by Crippen LogP contribution is 2.41. The summed E-state index contributed by atoms with van der Waals surface area (Å²) in [4.78, 5) is 4.04. The van der Waals surface area contributed by atoms with Crippen LogP contribution in [0.25, 0.3) is 0 Å². The third-order valence-electron chi connectivity index (χ3n) is 1.85. The maximum atomic E-state index is 13.7. The zero-order chi connectivity index (χ0) is 8.60. The zero-order valence-corrected chi connectivity index (χ0v) is 8.66. The van der Waals surface area contributed by atoms with Gasteiger partial charge in [-0.1, -0.05) is 0 Å². The molecule has 0 unspecified atom stereocenters. The van der Waals surface area contributed by atoms with Gasteiger partial charge in [0.1, 0.15) is 0 Å². The minimum absolute atomic E-state index is 0.543. The van der Waals surface area contributed by atoms with Gasteiger partial charge < -0.3 is 0 Å². The molecule has 1 fully saturated rings. The van der Waals surface area contributed by atoms with E-state index in [2.05, 4.69) is 20.9 Å². The van der Waals surface area contributed by atoms with Crippen molar-refractivity contribution in [1.82, 2.24) is 4.98 Å². The summed E-state index contributed by atoms with van der Waals surface area (Å²) < 4.78 is 14.6. The van der Waals surface area contributed by atoms with Crippen LogP contribution in [0.15, 0.2) is 22.8 Å². The number of aromatic nitrogens is 1. The van der Waals surface area contributed by atoms with E-state index in [1.54, 1.807) is 24.0 Å². The average molecular weight is 248 g/mol. The lowest BCUT2D eigenvalue weighted by Gasteiger charge is -2.32. The summed E-state index contributed by atoms with van der Waals surface area (Å²) in [5, 5.41) is 0. The number of pyridine rings is 1. The Morgan fingerprint density at radius 1 is 1.50 bits per heavy atom. The standard InChI is InChI=1S/C8H7BrFNS/c9-6-1-2-7(11-3-6)8(10)4-12-5-8/h1-3H,4-5H2. The van der Waals surface area contributed by atoms with Crippen LogP contribution in [0.1, 0.15) is 5.69 Å². The minimum Gasteiger partial charge on any atom is -0.257 e. The molecule has 1 nitrogen and oxygen atoms in total. The molecule has 0 aromatic carbocycles. The molecule has 12 heavy (non-hydrogen) atoms. The molecule has 0 N–H and O–H groups in total. The Morgan fingerprint density at radius 2 is 2.25 bits per heavy atom. The van der Waals surface area contributed by atoms with E-state index >= 15 is 0 Å². The Morgan fingerprint density at radius 3 is 2.67 bits per heavy atom. The molecule has 2 rings (SSSR count). The third kappa shape index (κ3) is 1.38. The maximum absolute atomic E-state index is 13.7. The highest BCUT2D eigenvalue weighted by molar-refractivity contribution is 9.10. The zero-order valence-electron chi connectivity index (χ0n) is 6.26. The molecule has 0 spiro atoms. The Balaban J connectivity index is 2.28. The van der Waals surface area contributed by atoms with Crippen LogP contribution in [0.4, 0.5) is 4.39 Å². The summed E-state index contributed by atoms with van der Waals surface area (Å²) in [6.45, 7) is 0. The van der Waals surface area contributed by atoms with Gasteiger partial charge in [-0.2, -0.15) is 11.8 Å². The van der Waals surface area contributed by atoms with Crippen molar-refractivity contribution in [2.45, 2.75) is 5.67 Å². The fourth-order valence-electron chi connectivity index (χ4n) is 1.07. The summed E-state index contributed by atoms with van der Waals surface area (Å²) in [6.07, 6.45) is 1.64. The van der Waals surface area contributed by atoms with Crippen LogP contribution in [-0.4, -0.2) is 16.5 Å². The van der Waals surface area contributed by atoms with Crippen LogP contribution < -0.4 is 0 Å². The number of thioether (sulfide) groups is 1. The predicted molar refractivity (Wildman–Crippen MR) is 52.0 cm³/mol. The molecule has 1 saturated heterocycles. The number of alkyl halides is 1. The molecule has 64 valence electrons. The number of hydrogen-bond donors (Lipinski definition) is 0. The summed E-state index contributed by atoms with van der Waals surface area (Å²) in [5.41, 5.74) is -0.602. The highest BCUT2D eigenvalue weighted by Gasteiger charge is 2.40. The first-order chi connectivity index (χ1) is 5.71. The first kappa shape index (κ1) is 8.51. The van der Waals surface area contributed by atoms with Gasteiger partial charge in [0.2, 0.25) is 0 Å². The molecule has 0 amide bonds. The molecule has 0 bridgehead atoms. The molecule has 0 aliphatic carbocycles. The van der Waals surface area contributed by atoms with Gasteiger partial charge in [0.25, 0.3) is 0 Å². The molecule has 1 aliphatic heterocycles. The molecular weight excluding hydrogens is 241 g/mol. The van der Waals surface area contributed by atoms with E-state index in [0.29, 0.717) is 17.2 Å². The van der Waals surface area contributed by atoms with Gasteiger partial charge in [-0.05, 0) is 28.1 Å². The van der Waals surface area contributed by atoms with E-state index in [9.17, 15) is 4.39 Å². The molecule has 1 aliphatic rings. The van der Waals surface area contributed by atoms with E-state index in [1.807, 2.05) is 6.07 Å². The minimum atomic E-state index is -1.16. The van der Waals surface area contributed by atoms with Gasteiger partial charge in [-0.3, -0.25) is 4.98 Å². The van der Waals surface area contributed by atoms with Crippen molar-refractivity contribution in [2.24, 2.45) is 0 Å². The van der Waals surface area contributed by atoms with Crippen LogP contribution in [0.3, 0.4) is 0 Å². The smallest absolute Gasteiger partial charge is 0.170 e. The van der Waals surface area contributed by atoms with Crippen molar-refractivity contribution in [2.75, 3.05) is 11.5 Å².